The van der Waals surface area contributed by atoms with E-state index in [4.69, 9.17) is 15.6 Å². The first-order valence-electron chi connectivity index (χ1n) is 4.02. The number of benzene rings is 1. The number of thiocarbonyl (C=S) groups is 1. The van der Waals surface area contributed by atoms with Crippen molar-refractivity contribution in [3.05, 3.63) is 23.8 Å². The summed E-state index contributed by atoms with van der Waals surface area (Å²) < 4.78 is 4.92. The smallest absolute Gasteiger partial charge is 0.339 e. The molecule has 0 fully saturated rings. The number of anilines is 1. The molecule has 0 saturated heterocycles. The number of rotatable bonds is 3. The van der Waals surface area contributed by atoms with Gasteiger partial charge in [0.1, 0.15) is 11.3 Å². The molecule has 1 rings (SSSR count). The lowest BCUT2D eigenvalue weighted by molar-refractivity contribution is 0.0693. The Morgan fingerprint density at radius 1 is 1.60 bits per heavy atom. The van der Waals surface area contributed by atoms with E-state index in [0.717, 1.165) is 0 Å². The molecule has 4 N–H and O–H groups in total. The third-order valence-corrected chi connectivity index (χ3v) is 1.80. The van der Waals surface area contributed by atoms with Crippen LogP contribution < -0.4 is 15.8 Å². The molecule has 0 aromatic heterocycles. The van der Waals surface area contributed by atoms with E-state index in [1.807, 2.05) is 0 Å². The molecule has 0 amide bonds. The molecule has 6 heteroatoms. The topological polar surface area (TPSA) is 84.6 Å². The van der Waals surface area contributed by atoms with E-state index in [1.54, 1.807) is 6.07 Å². The van der Waals surface area contributed by atoms with Crippen LogP contribution in [0.4, 0.5) is 5.69 Å². The van der Waals surface area contributed by atoms with E-state index in [9.17, 15) is 4.79 Å². The first-order chi connectivity index (χ1) is 7.04. The molecule has 0 spiro atoms. The maximum atomic E-state index is 10.8. The van der Waals surface area contributed by atoms with Crippen LogP contribution in [0, 0.1) is 0 Å². The second-order valence-corrected chi connectivity index (χ2v) is 3.15. The van der Waals surface area contributed by atoms with E-state index in [0.29, 0.717) is 5.69 Å². The van der Waals surface area contributed by atoms with Crippen molar-refractivity contribution in [3.63, 3.8) is 0 Å². The van der Waals surface area contributed by atoms with E-state index in [2.05, 4.69) is 17.5 Å². The zero-order chi connectivity index (χ0) is 11.4. The van der Waals surface area contributed by atoms with E-state index >= 15 is 0 Å². The summed E-state index contributed by atoms with van der Waals surface area (Å²) >= 11 is 4.65. The van der Waals surface area contributed by atoms with Crippen molar-refractivity contribution in [2.75, 3.05) is 12.4 Å². The molecule has 15 heavy (non-hydrogen) atoms. The van der Waals surface area contributed by atoms with E-state index in [-0.39, 0.29) is 16.4 Å². The molecule has 1 aromatic carbocycles. The van der Waals surface area contributed by atoms with Gasteiger partial charge in [-0.1, -0.05) is 0 Å². The molecule has 0 aliphatic rings. The third-order valence-electron chi connectivity index (χ3n) is 1.70. The molecule has 80 valence electrons. The van der Waals surface area contributed by atoms with Gasteiger partial charge in [0.2, 0.25) is 0 Å². The quantitative estimate of drug-likeness (QED) is 0.668. The minimum Gasteiger partial charge on any atom is -0.496 e. The molecule has 0 aliphatic carbocycles. The summed E-state index contributed by atoms with van der Waals surface area (Å²) in [5.74, 6) is -0.794. The molecule has 0 unspecified atom stereocenters. The maximum absolute atomic E-state index is 10.8. The summed E-state index contributed by atoms with van der Waals surface area (Å²) in [5, 5.41) is 11.6. The van der Waals surface area contributed by atoms with Gasteiger partial charge in [-0.05, 0) is 24.4 Å². The zero-order valence-electron chi connectivity index (χ0n) is 7.98. The predicted molar refractivity (Wildman–Crippen MR) is 60.4 cm³/mol. The van der Waals surface area contributed by atoms with Gasteiger partial charge in [0.25, 0.3) is 0 Å². The lowest BCUT2D eigenvalue weighted by atomic mass is 10.2. The number of nitrogens with two attached hydrogens (primary N) is 1. The Kier molecular flexibility index (Phi) is 3.46. The van der Waals surface area contributed by atoms with Crippen LogP contribution in [0.1, 0.15) is 10.4 Å². The lowest BCUT2D eigenvalue weighted by Crippen LogP contribution is -2.19. The molecule has 0 aliphatic heterocycles. The van der Waals surface area contributed by atoms with Crippen molar-refractivity contribution < 1.29 is 14.6 Å². The Balaban J connectivity index is 3.07. The lowest BCUT2D eigenvalue weighted by Gasteiger charge is -2.08. The minimum absolute atomic E-state index is 0.0889. The van der Waals surface area contributed by atoms with Crippen LogP contribution in [0.15, 0.2) is 18.2 Å². The SMILES string of the molecule is COc1cc(NC(N)=S)ccc1C(=O)O. The summed E-state index contributed by atoms with van der Waals surface area (Å²) in [7, 11) is 1.40. The van der Waals surface area contributed by atoms with Crippen molar-refractivity contribution >= 4 is 29.0 Å². The summed E-state index contributed by atoms with van der Waals surface area (Å²) in [4.78, 5) is 10.8. The predicted octanol–water partition coefficient (Wildman–Crippen LogP) is 1.05. The zero-order valence-corrected chi connectivity index (χ0v) is 8.80. The molecule has 0 heterocycles. The largest absolute Gasteiger partial charge is 0.496 e. The van der Waals surface area contributed by atoms with Gasteiger partial charge < -0.3 is 20.9 Å². The van der Waals surface area contributed by atoms with Gasteiger partial charge in [-0.15, -0.1) is 0 Å². The Bertz CT molecular complexity index is 406. The Morgan fingerprint density at radius 3 is 2.73 bits per heavy atom. The first-order valence-corrected chi connectivity index (χ1v) is 4.43. The number of aromatic carboxylic acids is 1. The fraction of sp³-hybridized carbons (Fsp3) is 0.111. The van der Waals surface area contributed by atoms with Crippen molar-refractivity contribution in [1.82, 2.24) is 0 Å². The highest BCUT2D eigenvalue weighted by Crippen LogP contribution is 2.22. The van der Waals surface area contributed by atoms with Crippen LogP contribution >= 0.6 is 12.2 Å². The number of carbonyl (C=O) groups is 1. The minimum atomic E-state index is -1.05. The van der Waals surface area contributed by atoms with Crippen LogP contribution in [0.5, 0.6) is 5.75 Å². The van der Waals surface area contributed by atoms with Crippen LogP contribution in [0.25, 0.3) is 0 Å². The van der Waals surface area contributed by atoms with Gasteiger partial charge in [0.15, 0.2) is 5.11 Å². The molecular formula is C9H10N2O3S. The molecule has 0 radical (unpaired) electrons. The molecule has 0 atom stereocenters. The third kappa shape index (κ3) is 2.81. The second kappa shape index (κ2) is 4.61. The summed E-state index contributed by atoms with van der Waals surface area (Å²) in [6, 6.07) is 4.50. The normalized spacial score (nSPS) is 9.40. The van der Waals surface area contributed by atoms with Crippen LogP contribution in [-0.2, 0) is 0 Å². The van der Waals surface area contributed by atoms with Gasteiger partial charge in [-0.25, -0.2) is 4.79 Å². The van der Waals surface area contributed by atoms with Gasteiger partial charge in [-0.3, -0.25) is 0 Å². The highest BCUT2D eigenvalue weighted by molar-refractivity contribution is 7.80. The number of carboxylic acid groups (broad SMARTS) is 1. The number of hydrogen-bond donors (Lipinski definition) is 3. The fourth-order valence-electron chi connectivity index (χ4n) is 1.09. The average molecular weight is 226 g/mol. The van der Waals surface area contributed by atoms with Gasteiger partial charge in [-0.2, -0.15) is 0 Å². The highest BCUT2D eigenvalue weighted by Gasteiger charge is 2.10. The molecular weight excluding hydrogens is 216 g/mol. The van der Waals surface area contributed by atoms with Crippen molar-refractivity contribution in [2.24, 2.45) is 5.73 Å². The average Bonchev–Trinajstić information content (AvgIpc) is 2.16. The Labute approximate surface area is 91.8 Å². The fourth-order valence-corrected chi connectivity index (χ4v) is 1.21. The van der Waals surface area contributed by atoms with Gasteiger partial charge in [0.05, 0.1) is 7.11 Å². The van der Waals surface area contributed by atoms with Crippen molar-refractivity contribution in [1.29, 1.82) is 0 Å². The first kappa shape index (κ1) is 11.3. The number of ether oxygens (including phenoxy) is 1. The summed E-state index contributed by atoms with van der Waals surface area (Å²) in [6.07, 6.45) is 0. The van der Waals surface area contributed by atoms with Crippen molar-refractivity contribution in [2.45, 2.75) is 0 Å². The maximum Gasteiger partial charge on any atom is 0.339 e. The summed E-state index contributed by atoms with van der Waals surface area (Å²) in [6.45, 7) is 0. The Morgan fingerprint density at radius 2 is 2.27 bits per heavy atom. The van der Waals surface area contributed by atoms with Gasteiger partial charge in [0, 0.05) is 11.8 Å². The van der Waals surface area contributed by atoms with E-state index in [1.165, 1.54) is 19.2 Å². The number of carboxylic acids is 1. The van der Waals surface area contributed by atoms with Crippen molar-refractivity contribution in [3.8, 4) is 5.75 Å². The number of nitrogens with one attached hydrogen (secondary N) is 1. The number of methoxy groups -OCH3 is 1. The summed E-state index contributed by atoms with van der Waals surface area (Å²) in [5.41, 5.74) is 5.95. The molecule has 0 saturated carbocycles. The molecule has 5 nitrogen and oxygen atoms in total. The van der Waals surface area contributed by atoms with Gasteiger partial charge >= 0.3 is 5.97 Å². The van der Waals surface area contributed by atoms with Crippen LogP contribution in [-0.4, -0.2) is 23.3 Å². The molecule has 1 aromatic rings. The highest BCUT2D eigenvalue weighted by atomic mass is 32.1. The monoisotopic (exact) mass is 226 g/mol. The number of hydrogen-bond acceptors (Lipinski definition) is 3. The van der Waals surface area contributed by atoms with E-state index < -0.39 is 5.97 Å². The Hall–Kier alpha value is -1.82. The standard InChI is InChI=1S/C9H10N2O3S/c1-14-7-4-5(11-9(10)15)2-3-6(7)8(12)13/h2-4H,1H3,(H,12,13)(H3,10,11,15). The molecule has 0 bridgehead atoms. The van der Waals surface area contributed by atoms with Crippen LogP contribution in [0.3, 0.4) is 0 Å². The van der Waals surface area contributed by atoms with Crippen LogP contribution in [0.2, 0.25) is 0 Å². The second-order valence-electron chi connectivity index (χ2n) is 2.71.